The molecule has 1 atom stereocenters. The van der Waals surface area contributed by atoms with Crippen molar-refractivity contribution >= 4 is 11.9 Å². The van der Waals surface area contributed by atoms with Gasteiger partial charge in [-0.1, -0.05) is 36.5 Å². The number of carboxylic acids is 1. The summed E-state index contributed by atoms with van der Waals surface area (Å²) < 4.78 is 5.78. The molecule has 0 bridgehead atoms. The lowest BCUT2D eigenvalue weighted by Crippen LogP contribution is -2.43. The number of carboxylic acid groups (broad SMARTS) is 1. The van der Waals surface area contributed by atoms with Crippen LogP contribution in [0, 0.1) is 0 Å². The Labute approximate surface area is 126 Å². The fourth-order valence-corrected chi connectivity index (χ4v) is 1.67. The van der Waals surface area contributed by atoms with Crippen molar-refractivity contribution in [2.45, 2.75) is 25.9 Å². The molecule has 0 rings (SSSR count). The first-order chi connectivity index (χ1) is 9.74. The predicted octanol–water partition coefficient (Wildman–Crippen LogP) is 2.16. The zero-order chi connectivity index (χ0) is 16.3. The third-order valence-corrected chi connectivity index (χ3v) is 2.40. The van der Waals surface area contributed by atoms with E-state index in [4.69, 9.17) is 9.84 Å². The summed E-state index contributed by atoms with van der Waals surface area (Å²) in [6.07, 6.45) is 10.2. The largest absolute Gasteiger partial charge is 0.481 e. The molecule has 0 saturated heterocycles. The van der Waals surface area contributed by atoms with Gasteiger partial charge in [-0.25, -0.2) is 0 Å². The van der Waals surface area contributed by atoms with Crippen molar-refractivity contribution in [2.24, 2.45) is 0 Å². The van der Waals surface area contributed by atoms with Crippen LogP contribution in [0.3, 0.4) is 0 Å². The molecule has 5 nitrogen and oxygen atoms in total. The highest BCUT2D eigenvalue weighted by Gasteiger charge is 2.24. The van der Waals surface area contributed by atoms with E-state index < -0.39 is 18.0 Å². The average molecular weight is 296 g/mol. The van der Waals surface area contributed by atoms with E-state index >= 15 is 0 Å². The van der Waals surface area contributed by atoms with Crippen molar-refractivity contribution in [3.05, 3.63) is 36.5 Å². The lowest BCUT2D eigenvalue weighted by Gasteiger charge is -2.28. The third kappa shape index (κ3) is 12.9. The molecule has 5 heteroatoms. The van der Waals surface area contributed by atoms with Gasteiger partial charge in [-0.2, -0.15) is 0 Å². The first-order valence-electron chi connectivity index (χ1n) is 6.91. The van der Waals surface area contributed by atoms with Gasteiger partial charge in [0.05, 0.1) is 34.0 Å². The second-order valence-electron chi connectivity index (χ2n) is 5.73. The number of esters is 1. The number of allylic oxidation sites excluding steroid dienone is 5. The molecule has 1 unspecified atom stereocenters. The number of rotatable bonds is 9. The number of quaternary nitrogens is 1. The van der Waals surface area contributed by atoms with E-state index in [9.17, 15) is 9.59 Å². The van der Waals surface area contributed by atoms with E-state index in [1.165, 1.54) is 0 Å². The van der Waals surface area contributed by atoms with Gasteiger partial charge >= 0.3 is 11.9 Å². The van der Waals surface area contributed by atoms with Gasteiger partial charge in [0, 0.05) is 0 Å². The molecule has 0 fully saturated rings. The number of carbonyl (C=O) groups excluding carboxylic acids is 1. The van der Waals surface area contributed by atoms with Crippen LogP contribution >= 0.6 is 0 Å². The Morgan fingerprint density at radius 2 is 1.76 bits per heavy atom. The average Bonchev–Trinajstić information content (AvgIpc) is 2.30. The molecule has 0 spiro atoms. The highest BCUT2D eigenvalue weighted by atomic mass is 16.5. The minimum absolute atomic E-state index is 0.132. The van der Waals surface area contributed by atoms with Crippen molar-refractivity contribution in [3.8, 4) is 0 Å². The summed E-state index contributed by atoms with van der Waals surface area (Å²) in [4.78, 5) is 22.5. The van der Waals surface area contributed by atoms with Gasteiger partial charge in [0.25, 0.3) is 0 Å². The van der Waals surface area contributed by atoms with E-state index in [0.29, 0.717) is 11.0 Å². The maximum atomic E-state index is 11.7. The lowest BCUT2D eigenvalue weighted by atomic mass is 10.2. The Bertz CT molecular complexity index is 416. The predicted molar refractivity (Wildman–Crippen MR) is 82.7 cm³/mol. The standard InChI is InChI=1S/C16H25NO4/c1-5-6-7-8-9-10-11-16(20)21-14(12-15(18)19)13-17(2,3)4/h5-10,14H,11-13H2,1-4H3/p+1/b6-5+,8-7+,10-9+. The van der Waals surface area contributed by atoms with Gasteiger partial charge < -0.3 is 14.3 Å². The van der Waals surface area contributed by atoms with Gasteiger partial charge in [-0.05, 0) is 6.92 Å². The van der Waals surface area contributed by atoms with Crippen LogP contribution in [0.15, 0.2) is 36.5 Å². The van der Waals surface area contributed by atoms with Gasteiger partial charge in [0.2, 0.25) is 0 Å². The molecule has 118 valence electrons. The number of ether oxygens (including phenoxy) is 1. The van der Waals surface area contributed by atoms with Crippen molar-refractivity contribution < 1.29 is 23.9 Å². The van der Waals surface area contributed by atoms with E-state index in [1.54, 1.807) is 12.2 Å². The first kappa shape index (κ1) is 19.1. The molecular formula is C16H26NO4+. The second kappa shape index (κ2) is 9.94. The summed E-state index contributed by atoms with van der Waals surface area (Å²) >= 11 is 0. The molecule has 0 aromatic heterocycles. The monoisotopic (exact) mass is 296 g/mol. The third-order valence-electron chi connectivity index (χ3n) is 2.40. The van der Waals surface area contributed by atoms with Crippen LogP contribution in [0.1, 0.15) is 19.8 Å². The molecule has 0 heterocycles. The van der Waals surface area contributed by atoms with Gasteiger partial charge in [-0.3, -0.25) is 9.59 Å². The zero-order valence-electron chi connectivity index (χ0n) is 13.3. The molecule has 0 saturated carbocycles. The van der Waals surface area contributed by atoms with Crippen LogP contribution in [0.2, 0.25) is 0 Å². The van der Waals surface area contributed by atoms with Crippen LogP contribution < -0.4 is 0 Å². The number of likely N-dealkylation sites (N-methyl/N-ethyl adjacent to an activating group) is 1. The van der Waals surface area contributed by atoms with E-state index in [-0.39, 0.29) is 12.8 Å². The summed E-state index contributed by atoms with van der Waals surface area (Å²) in [5.74, 6) is -1.38. The Morgan fingerprint density at radius 1 is 1.14 bits per heavy atom. The minimum Gasteiger partial charge on any atom is -0.481 e. The van der Waals surface area contributed by atoms with E-state index in [0.717, 1.165) is 0 Å². The van der Waals surface area contributed by atoms with Crippen molar-refractivity contribution in [3.63, 3.8) is 0 Å². The molecule has 0 aliphatic rings. The highest BCUT2D eigenvalue weighted by Crippen LogP contribution is 2.06. The molecule has 1 N–H and O–H groups in total. The number of hydrogen-bond acceptors (Lipinski definition) is 3. The molecule has 0 aromatic carbocycles. The van der Waals surface area contributed by atoms with Crippen LogP contribution in [-0.4, -0.2) is 55.3 Å². The van der Waals surface area contributed by atoms with Gasteiger partial charge in [-0.15, -0.1) is 0 Å². The normalized spacial score (nSPS) is 14.1. The number of hydrogen-bond donors (Lipinski definition) is 1. The SMILES string of the molecule is C/C=C/C=C/C=C/CC(=O)OC(CC(=O)O)C[N+](C)(C)C. The minimum atomic E-state index is -0.967. The number of nitrogens with zero attached hydrogens (tertiary/aromatic N) is 1. The Kier molecular flexibility index (Phi) is 9.05. The molecule has 0 aliphatic heterocycles. The van der Waals surface area contributed by atoms with Crippen molar-refractivity contribution in [2.75, 3.05) is 27.7 Å². The number of aliphatic carboxylic acids is 1. The summed E-state index contributed by atoms with van der Waals surface area (Å²) in [5, 5.41) is 8.86. The van der Waals surface area contributed by atoms with Crippen LogP contribution in [0.4, 0.5) is 0 Å². The zero-order valence-corrected chi connectivity index (χ0v) is 13.3. The Hall–Kier alpha value is -1.88. The van der Waals surface area contributed by atoms with E-state index in [2.05, 4.69) is 0 Å². The maximum absolute atomic E-state index is 11.7. The van der Waals surface area contributed by atoms with Gasteiger partial charge in [0.15, 0.2) is 6.10 Å². The van der Waals surface area contributed by atoms with Crippen molar-refractivity contribution in [1.82, 2.24) is 0 Å². The second-order valence-corrected chi connectivity index (χ2v) is 5.73. The van der Waals surface area contributed by atoms with Gasteiger partial charge in [0.1, 0.15) is 6.54 Å². The van der Waals surface area contributed by atoms with Crippen molar-refractivity contribution in [1.29, 1.82) is 0 Å². The fraction of sp³-hybridized carbons (Fsp3) is 0.500. The number of carbonyl (C=O) groups is 2. The highest BCUT2D eigenvalue weighted by molar-refractivity contribution is 5.72. The Balaban J connectivity index is 4.36. The summed E-state index contributed by atoms with van der Waals surface area (Å²) in [7, 11) is 5.78. The molecule has 0 aromatic rings. The maximum Gasteiger partial charge on any atom is 0.310 e. The lowest BCUT2D eigenvalue weighted by molar-refractivity contribution is -0.873. The molecular weight excluding hydrogens is 270 g/mol. The quantitative estimate of drug-likeness (QED) is 0.402. The molecule has 0 radical (unpaired) electrons. The smallest absolute Gasteiger partial charge is 0.310 e. The summed E-state index contributed by atoms with van der Waals surface area (Å²) in [6.45, 7) is 2.38. The first-order valence-corrected chi connectivity index (χ1v) is 6.91. The summed E-state index contributed by atoms with van der Waals surface area (Å²) in [5.41, 5.74) is 0. The Morgan fingerprint density at radius 3 is 2.29 bits per heavy atom. The topological polar surface area (TPSA) is 63.6 Å². The van der Waals surface area contributed by atoms with Crippen LogP contribution in [0.5, 0.6) is 0 Å². The van der Waals surface area contributed by atoms with E-state index in [1.807, 2.05) is 52.4 Å². The van der Waals surface area contributed by atoms with Crippen LogP contribution in [-0.2, 0) is 14.3 Å². The summed E-state index contributed by atoms with van der Waals surface area (Å²) in [6, 6.07) is 0. The molecule has 0 aliphatic carbocycles. The fourth-order valence-electron chi connectivity index (χ4n) is 1.67. The van der Waals surface area contributed by atoms with Crippen LogP contribution in [0.25, 0.3) is 0 Å². The molecule has 0 amide bonds. The molecule has 21 heavy (non-hydrogen) atoms.